The van der Waals surface area contributed by atoms with Crippen LogP contribution in [0.1, 0.15) is 34.3 Å². The minimum atomic E-state index is -0.210. The number of allylic oxidation sites excluding steroid dienone is 1. The van der Waals surface area contributed by atoms with Crippen molar-refractivity contribution in [3.63, 3.8) is 0 Å². The summed E-state index contributed by atoms with van der Waals surface area (Å²) in [5, 5.41) is 0. The molecular weight excluding hydrogens is 384 g/mol. The first-order chi connectivity index (χ1) is 12.0. The Bertz CT molecular complexity index is 908. The third-order valence-electron chi connectivity index (χ3n) is 4.33. The summed E-state index contributed by atoms with van der Waals surface area (Å²) in [4.78, 5) is 24.4. The van der Waals surface area contributed by atoms with Crippen LogP contribution in [0.2, 0.25) is 0 Å². The lowest BCUT2D eigenvalue weighted by atomic mass is 10.1. The van der Waals surface area contributed by atoms with Crippen molar-refractivity contribution in [2.75, 3.05) is 0 Å². The third-order valence-corrected chi connectivity index (χ3v) is 4.85. The van der Waals surface area contributed by atoms with Crippen LogP contribution in [-0.2, 0) is 4.79 Å². The predicted molar refractivity (Wildman–Crippen MR) is 96.6 cm³/mol. The van der Waals surface area contributed by atoms with Crippen molar-refractivity contribution in [2.45, 2.75) is 19.8 Å². The molecule has 1 aliphatic heterocycles. The quantitative estimate of drug-likeness (QED) is 0.427. The fraction of sp³-hybridized carbons (Fsp3) is 0.200. The van der Waals surface area contributed by atoms with Gasteiger partial charge in [-0.2, -0.15) is 0 Å². The maximum absolute atomic E-state index is 12.6. The van der Waals surface area contributed by atoms with E-state index in [2.05, 4.69) is 15.9 Å². The SMILES string of the molecule is Cc1c(OC(=O)C2CC2)ccc2c1O/C(=C\c1ccc(Br)cc1)C2=O. The molecule has 0 amide bonds. The Morgan fingerprint density at radius 1 is 1.20 bits per heavy atom. The zero-order chi connectivity index (χ0) is 17.6. The van der Waals surface area contributed by atoms with E-state index in [4.69, 9.17) is 9.47 Å². The van der Waals surface area contributed by atoms with Crippen molar-refractivity contribution in [2.24, 2.45) is 5.92 Å². The molecule has 2 aliphatic rings. The molecule has 25 heavy (non-hydrogen) atoms. The average Bonchev–Trinajstić information content (AvgIpc) is 3.39. The molecule has 0 spiro atoms. The van der Waals surface area contributed by atoms with Gasteiger partial charge >= 0.3 is 5.97 Å². The van der Waals surface area contributed by atoms with Gasteiger partial charge in [0.2, 0.25) is 5.78 Å². The summed E-state index contributed by atoms with van der Waals surface area (Å²) < 4.78 is 12.2. The second-order valence-corrected chi connectivity index (χ2v) is 7.17. The van der Waals surface area contributed by atoms with Crippen molar-refractivity contribution in [1.29, 1.82) is 0 Å². The number of halogens is 1. The second kappa shape index (κ2) is 6.15. The first-order valence-electron chi connectivity index (χ1n) is 8.08. The molecule has 2 aromatic carbocycles. The van der Waals surface area contributed by atoms with Crippen LogP contribution in [0.4, 0.5) is 0 Å². The molecule has 4 nitrogen and oxygen atoms in total. The van der Waals surface area contributed by atoms with Gasteiger partial charge in [0, 0.05) is 10.0 Å². The van der Waals surface area contributed by atoms with Gasteiger partial charge < -0.3 is 9.47 Å². The van der Waals surface area contributed by atoms with Gasteiger partial charge in [-0.25, -0.2) is 0 Å². The number of fused-ring (bicyclic) bond motifs is 1. The number of hydrogen-bond donors (Lipinski definition) is 0. The number of ether oxygens (including phenoxy) is 2. The van der Waals surface area contributed by atoms with E-state index in [9.17, 15) is 9.59 Å². The molecule has 0 radical (unpaired) electrons. The Morgan fingerprint density at radius 2 is 1.92 bits per heavy atom. The number of hydrogen-bond acceptors (Lipinski definition) is 4. The molecule has 4 rings (SSSR count). The largest absolute Gasteiger partial charge is 0.452 e. The lowest BCUT2D eigenvalue weighted by Gasteiger charge is -2.09. The second-order valence-electron chi connectivity index (χ2n) is 6.25. The number of ketones is 1. The Morgan fingerprint density at radius 3 is 2.60 bits per heavy atom. The van der Waals surface area contributed by atoms with Crippen LogP contribution >= 0.6 is 15.9 Å². The molecule has 1 heterocycles. The Kier molecular flexibility index (Phi) is 3.96. The molecular formula is C20H15BrO4. The van der Waals surface area contributed by atoms with Crippen LogP contribution in [-0.4, -0.2) is 11.8 Å². The van der Waals surface area contributed by atoms with Crippen LogP contribution in [0.15, 0.2) is 46.6 Å². The zero-order valence-corrected chi connectivity index (χ0v) is 15.1. The summed E-state index contributed by atoms with van der Waals surface area (Å²) in [6.45, 7) is 1.80. The van der Waals surface area contributed by atoms with Crippen LogP contribution in [0.3, 0.4) is 0 Å². The van der Waals surface area contributed by atoms with E-state index in [-0.39, 0.29) is 23.4 Å². The van der Waals surface area contributed by atoms with Gasteiger partial charge in [0.15, 0.2) is 5.76 Å². The maximum atomic E-state index is 12.6. The molecule has 5 heteroatoms. The van der Waals surface area contributed by atoms with Crippen LogP contribution < -0.4 is 9.47 Å². The van der Waals surface area contributed by atoms with Gasteiger partial charge in [0.1, 0.15) is 11.5 Å². The fourth-order valence-corrected chi connectivity index (χ4v) is 2.96. The standard InChI is InChI=1S/C20H15BrO4/c1-11-16(25-20(23)13-4-5-13)9-8-15-18(22)17(24-19(11)15)10-12-2-6-14(21)7-3-12/h2-3,6-10,13H,4-5H2,1H3/b17-10-. The first-order valence-corrected chi connectivity index (χ1v) is 8.87. The normalized spacial score (nSPS) is 17.4. The van der Waals surface area contributed by atoms with Crippen molar-refractivity contribution in [1.82, 2.24) is 0 Å². The molecule has 0 unspecified atom stereocenters. The Hall–Kier alpha value is -2.40. The van der Waals surface area contributed by atoms with E-state index in [1.165, 1.54) is 0 Å². The number of Topliss-reactive ketones (excluding diaryl/α,β-unsaturated/α-hetero) is 1. The third kappa shape index (κ3) is 3.12. The monoisotopic (exact) mass is 398 g/mol. The Balaban J connectivity index is 1.63. The van der Waals surface area contributed by atoms with E-state index < -0.39 is 0 Å². The minimum absolute atomic E-state index is 0.0167. The van der Waals surface area contributed by atoms with E-state index in [0.29, 0.717) is 22.6 Å². The van der Waals surface area contributed by atoms with Gasteiger partial charge in [-0.05, 0) is 55.7 Å². The summed E-state index contributed by atoms with van der Waals surface area (Å²) in [7, 11) is 0. The minimum Gasteiger partial charge on any atom is -0.452 e. The van der Waals surface area contributed by atoms with Crippen LogP contribution in [0.25, 0.3) is 6.08 Å². The molecule has 0 saturated heterocycles. The van der Waals surface area contributed by atoms with Crippen molar-refractivity contribution < 1.29 is 19.1 Å². The molecule has 0 aromatic heterocycles. The smallest absolute Gasteiger partial charge is 0.314 e. The van der Waals surface area contributed by atoms with Gasteiger partial charge in [-0.1, -0.05) is 28.1 Å². The maximum Gasteiger partial charge on any atom is 0.314 e. The summed E-state index contributed by atoms with van der Waals surface area (Å²) >= 11 is 3.38. The van der Waals surface area contributed by atoms with Crippen LogP contribution in [0, 0.1) is 12.8 Å². The lowest BCUT2D eigenvalue weighted by molar-refractivity contribution is -0.135. The average molecular weight is 399 g/mol. The Labute approximate surface area is 153 Å². The molecule has 2 aromatic rings. The van der Waals surface area contributed by atoms with E-state index >= 15 is 0 Å². The number of carbonyl (C=O) groups excluding carboxylic acids is 2. The van der Waals surface area contributed by atoms with Crippen molar-refractivity contribution in [3.05, 3.63) is 63.3 Å². The van der Waals surface area contributed by atoms with Gasteiger partial charge in [-0.15, -0.1) is 0 Å². The summed E-state index contributed by atoms with van der Waals surface area (Å²) in [5.74, 6) is 0.830. The molecule has 0 bridgehead atoms. The summed E-state index contributed by atoms with van der Waals surface area (Å²) in [6, 6.07) is 10.9. The van der Waals surface area contributed by atoms with E-state index in [0.717, 1.165) is 22.9 Å². The molecule has 0 N–H and O–H groups in total. The molecule has 0 atom stereocenters. The number of benzene rings is 2. The van der Waals surface area contributed by atoms with Gasteiger partial charge in [0.25, 0.3) is 0 Å². The zero-order valence-electron chi connectivity index (χ0n) is 13.5. The molecule has 1 aliphatic carbocycles. The van der Waals surface area contributed by atoms with Crippen LogP contribution in [0.5, 0.6) is 11.5 Å². The first kappa shape index (κ1) is 16.1. The van der Waals surface area contributed by atoms with Gasteiger partial charge in [-0.3, -0.25) is 9.59 Å². The van der Waals surface area contributed by atoms with E-state index in [1.807, 2.05) is 24.3 Å². The number of rotatable bonds is 3. The van der Waals surface area contributed by atoms with Gasteiger partial charge in [0.05, 0.1) is 11.5 Å². The summed E-state index contributed by atoms with van der Waals surface area (Å²) in [5.41, 5.74) is 2.03. The molecule has 1 saturated carbocycles. The van der Waals surface area contributed by atoms with E-state index in [1.54, 1.807) is 25.1 Å². The number of carbonyl (C=O) groups is 2. The topological polar surface area (TPSA) is 52.6 Å². The highest BCUT2D eigenvalue weighted by molar-refractivity contribution is 9.10. The lowest BCUT2D eigenvalue weighted by Crippen LogP contribution is -2.10. The fourth-order valence-electron chi connectivity index (χ4n) is 2.70. The van der Waals surface area contributed by atoms with Crippen molar-refractivity contribution >= 4 is 33.8 Å². The molecule has 1 fully saturated rings. The summed E-state index contributed by atoms with van der Waals surface area (Å²) in [6.07, 6.45) is 3.49. The highest BCUT2D eigenvalue weighted by Crippen LogP contribution is 2.40. The number of esters is 1. The highest BCUT2D eigenvalue weighted by Gasteiger charge is 2.34. The predicted octanol–water partition coefficient (Wildman–Crippen LogP) is 4.69. The highest BCUT2D eigenvalue weighted by atomic mass is 79.9. The molecule has 126 valence electrons. The van der Waals surface area contributed by atoms with Crippen molar-refractivity contribution in [3.8, 4) is 11.5 Å².